The molecule has 0 aliphatic carbocycles. The maximum absolute atomic E-state index is 13.5. The van der Waals surface area contributed by atoms with Gasteiger partial charge in [-0.05, 0) is 55.0 Å². The van der Waals surface area contributed by atoms with Gasteiger partial charge in [0.05, 0.1) is 17.7 Å². The molecule has 186 valence electrons. The second-order valence-electron chi connectivity index (χ2n) is 7.93. The van der Waals surface area contributed by atoms with Crippen LogP contribution in [-0.4, -0.2) is 37.5 Å². The quantitative estimate of drug-likeness (QED) is 0.351. The van der Waals surface area contributed by atoms with Gasteiger partial charge in [-0.3, -0.25) is 9.10 Å². The number of nitrogens with one attached hydrogen (secondary N) is 1. The van der Waals surface area contributed by atoms with E-state index in [0.29, 0.717) is 5.02 Å². The van der Waals surface area contributed by atoms with Gasteiger partial charge in [0.15, 0.2) is 0 Å². The molecule has 0 fully saturated rings. The maximum Gasteiger partial charge on any atom is 0.264 e. The van der Waals surface area contributed by atoms with E-state index in [-0.39, 0.29) is 22.9 Å². The van der Waals surface area contributed by atoms with Crippen LogP contribution < -0.4 is 14.4 Å². The zero-order valence-electron chi connectivity index (χ0n) is 19.8. The first-order valence-corrected chi connectivity index (χ1v) is 12.9. The van der Waals surface area contributed by atoms with Crippen LogP contribution in [0, 0.1) is 6.92 Å². The van der Waals surface area contributed by atoms with Gasteiger partial charge in [-0.15, -0.1) is 0 Å². The standard InChI is InChI=1S/C26H25ClN4O4S/c1-19-28-14-15-30(19)22-11-8-20(9-12-22)17-29-26(32)18-31(24-16-21(27)10-13-25(24)35-2)36(33,34)23-6-4-3-5-7-23/h3-16H,17-18H2,1-2H3,(H,29,32). The van der Waals surface area contributed by atoms with Crippen molar-refractivity contribution in [1.29, 1.82) is 0 Å². The number of nitrogens with zero attached hydrogens (tertiary/aromatic N) is 3. The zero-order valence-corrected chi connectivity index (χ0v) is 21.3. The molecule has 0 unspecified atom stereocenters. The highest BCUT2D eigenvalue weighted by Crippen LogP contribution is 2.34. The first kappa shape index (κ1) is 25.3. The van der Waals surface area contributed by atoms with Gasteiger partial charge in [-0.1, -0.05) is 41.9 Å². The Balaban J connectivity index is 1.55. The molecule has 0 spiro atoms. The van der Waals surface area contributed by atoms with Gasteiger partial charge in [0, 0.05) is 29.6 Å². The Kier molecular flexibility index (Phi) is 7.61. The molecule has 0 bridgehead atoms. The van der Waals surface area contributed by atoms with E-state index in [0.717, 1.165) is 21.4 Å². The third kappa shape index (κ3) is 5.53. The van der Waals surface area contributed by atoms with Crippen LogP contribution in [-0.2, 0) is 21.4 Å². The van der Waals surface area contributed by atoms with Gasteiger partial charge >= 0.3 is 0 Å². The summed E-state index contributed by atoms with van der Waals surface area (Å²) >= 11 is 6.17. The molecule has 0 atom stereocenters. The molecule has 4 aromatic rings. The Morgan fingerprint density at radius 3 is 2.44 bits per heavy atom. The summed E-state index contributed by atoms with van der Waals surface area (Å²) in [5.74, 6) is 0.662. The van der Waals surface area contributed by atoms with Crippen LogP contribution in [0.4, 0.5) is 5.69 Å². The smallest absolute Gasteiger partial charge is 0.264 e. The number of benzene rings is 3. The molecule has 3 aromatic carbocycles. The van der Waals surface area contributed by atoms with Crippen molar-refractivity contribution in [3.05, 3.63) is 102 Å². The molecular weight excluding hydrogens is 500 g/mol. The van der Waals surface area contributed by atoms with Gasteiger partial charge in [0.25, 0.3) is 10.0 Å². The van der Waals surface area contributed by atoms with E-state index in [1.807, 2.05) is 42.0 Å². The number of imidazole rings is 1. The van der Waals surface area contributed by atoms with Crippen molar-refractivity contribution in [3.63, 3.8) is 0 Å². The topological polar surface area (TPSA) is 93.5 Å². The number of halogens is 1. The minimum atomic E-state index is -4.09. The van der Waals surface area contributed by atoms with Crippen LogP contribution in [0.3, 0.4) is 0 Å². The SMILES string of the molecule is COc1ccc(Cl)cc1N(CC(=O)NCc1ccc(-n2ccnc2C)cc1)S(=O)(=O)c1ccccc1. The first-order chi connectivity index (χ1) is 17.3. The predicted octanol–water partition coefficient (Wildman–Crippen LogP) is 4.35. The average molecular weight is 525 g/mol. The number of ether oxygens (including phenoxy) is 1. The summed E-state index contributed by atoms with van der Waals surface area (Å²) in [4.78, 5) is 17.2. The number of methoxy groups -OCH3 is 1. The lowest BCUT2D eigenvalue weighted by Crippen LogP contribution is -2.40. The lowest BCUT2D eigenvalue weighted by molar-refractivity contribution is -0.119. The molecular formula is C26H25ClN4O4S. The average Bonchev–Trinajstić information content (AvgIpc) is 3.32. The van der Waals surface area contributed by atoms with Crippen molar-refractivity contribution in [2.75, 3.05) is 18.0 Å². The number of carbonyl (C=O) groups excluding carboxylic acids is 1. The molecule has 1 aromatic heterocycles. The second kappa shape index (κ2) is 10.8. The van der Waals surface area contributed by atoms with Crippen LogP contribution in [0.25, 0.3) is 5.69 Å². The van der Waals surface area contributed by atoms with Crippen molar-refractivity contribution >= 4 is 33.2 Å². The van der Waals surface area contributed by atoms with E-state index in [1.54, 1.807) is 36.5 Å². The fourth-order valence-corrected chi connectivity index (χ4v) is 5.30. The monoisotopic (exact) mass is 524 g/mol. The third-order valence-corrected chi connectivity index (χ3v) is 7.57. The molecule has 8 nitrogen and oxygen atoms in total. The Morgan fingerprint density at radius 1 is 1.08 bits per heavy atom. The van der Waals surface area contributed by atoms with Crippen LogP contribution >= 0.6 is 11.6 Å². The Hall–Kier alpha value is -3.82. The summed E-state index contributed by atoms with van der Waals surface area (Å²) in [6.07, 6.45) is 3.60. The molecule has 0 aliphatic heterocycles. The van der Waals surface area contributed by atoms with Crippen molar-refractivity contribution in [2.45, 2.75) is 18.4 Å². The number of aryl methyl sites for hydroxylation is 1. The molecule has 0 radical (unpaired) electrons. The summed E-state index contributed by atoms with van der Waals surface area (Å²) in [5.41, 5.74) is 1.99. The zero-order chi connectivity index (χ0) is 25.7. The molecule has 1 heterocycles. The van der Waals surface area contributed by atoms with Gasteiger partial charge in [-0.25, -0.2) is 13.4 Å². The van der Waals surface area contributed by atoms with Crippen LogP contribution in [0.5, 0.6) is 5.75 Å². The number of hydrogen-bond acceptors (Lipinski definition) is 5. The Labute approximate surface area is 215 Å². The highest BCUT2D eigenvalue weighted by atomic mass is 35.5. The summed E-state index contributed by atoms with van der Waals surface area (Å²) < 4.78 is 35.4. The number of carbonyl (C=O) groups is 1. The van der Waals surface area contributed by atoms with Crippen molar-refractivity contribution in [1.82, 2.24) is 14.9 Å². The normalized spacial score (nSPS) is 11.2. The Morgan fingerprint density at radius 2 is 1.81 bits per heavy atom. The molecule has 0 aliphatic rings. The minimum absolute atomic E-state index is 0.0465. The van der Waals surface area contributed by atoms with Crippen molar-refractivity contribution in [2.24, 2.45) is 0 Å². The summed E-state index contributed by atoms with van der Waals surface area (Å²) in [7, 11) is -2.67. The van der Waals surface area contributed by atoms with E-state index in [2.05, 4.69) is 10.3 Å². The molecule has 4 rings (SSSR count). The molecule has 36 heavy (non-hydrogen) atoms. The highest BCUT2D eigenvalue weighted by Gasteiger charge is 2.29. The summed E-state index contributed by atoms with van der Waals surface area (Å²) in [6.45, 7) is 1.69. The van der Waals surface area contributed by atoms with Gasteiger partial charge in [0.2, 0.25) is 5.91 Å². The number of amides is 1. The fraction of sp³-hybridized carbons (Fsp3) is 0.154. The van der Waals surface area contributed by atoms with Crippen LogP contribution in [0.1, 0.15) is 11.4 Å². The number of hydrogen-bond donors (Lipinski definition) is 1. The van der Waals surface area contributed by atoms with E-state index in [4.69, 9.17) is 16.3 Å². The maximum atomic E-state index is 13.5. The van der Waals surface area contributed by atoms with Gasteiger partial charge < -0.3 is 14.6 Å². The fourth-order valence-electron chi connectivity index (χ4n) is 3.69. The predicted molar refractivity (Wildman–Crippen MR) is 139 cm³/mol. The van der Waals surface area contributed by atoms with E-state index >= 15 is 0 Å². The largest absolute Gasteiger partial charge is 0.495 e. The third-order valence-electron chi connectivity index (χ3n) is 5.56. The summed E-state index contributed by atoms with van der Waals surface area (Å²) in [6, 6.07) is 20.2. The molecule has 0 saturated carbocycles. The van der Waals surface area contributed by atoms with E-state index < -0.39 is 22.5 Å². The number of rotatable bonds is 9. The van der Waals surface area contributed by atoms with Crippen LogP contribution in [0.2, 0.25) is 5.02 Å². The van der Waals surface area contributed by atoms with Gasteiger partial charge in [0.1, 0.15) is 18.1 Å². The second-order valence-corrected chi connectivity index (χ2v) is 10.2. The lowest BCUT2D eigenvalue weighted by atomic mass is 10.2. The van der Waals surface area contributed by atoms with Gasteiger partial charge in [-0.2, -0.15) is 0 Å². The lowest BCUT2D eigenvalue weighted by Gasteiger charge is -2.26. The van der Waals surface area contributed by atoms with E-state index in [9.17, 15) is 13.2 Å². The Bertz CT molecular complexity index is 1460. The van der Waals surface area contributed by atoms with Crippen molar-refractivity contribution < 1.29 is 17.9 Å². The summed E-state index contributed by atoms with van der Waals surface area (Å²) in [5, 5.41) is 3.12. The molecule has 0 saturated heterocycles. The number of anilines is 1. The molecule has 1 amide bonds. The number of sulfonamides is 1. The first-order valence-electron chi connectivity index (χ1n) is 11.1. The van der Waals surface area contributed by atoms with Crippen LogP contribution in [0.15, 0.2) is 90.1 Å². The molecule has 1 N–H and O–H groups in total. The minimum Gasteiger partial charge on any atom is -0.495 e. The highest BCUT2D eigenvalue weighted by molar-refractivity contribution is 7.92. The molecule has 10 heteroatoms. The number of aromatic nitrogens is 2. The van der Waals surface area contributed by atoms with E-state index in [1.165, 1.54) is 25.3 Å². The van der Waals surface area contributed by atoms with Crippen molar-refractivity contribution in [3.8, 4) is 11.4 Å².